The maximum atomic E-state index is 11.5. The average molecular weight is 415 g/mol. The second kappa shape index (κ2) is 20.2. The minimum absolute atomic E-state index is 0. The molecule has 0 heterocycles. The van der Waals surface area contributed by atoms with Gasteiger partial charge in [0.1, 0.15) is 0 Å². The molecule has 0 saturated carbocycles. The Bertz CT molecular complexity index is 401. The second-order valence-electron chi connectivity index (χ2n) is 7.82. The first-order valence-electron chi connectivity index (χ1n) is 11.0. The Morgan fingerprint density at radius 3 is 1.48 bits per heavy atom. The number of aliphatic hydroxyl groups is 1. The number of unbranched alkanes of at least 4 members (excludes halogenated alkanes) is 12. The van der Waals surface area contributed by atoms with Crippen LogP contribution < -0.4 is 29.6 Å². The largest absolute Gasteiger partial charge is 1.00 e. The molecule has 2 unspecified atom stereocenters. The molecule has 0 fully saturated rings. The van der Waals surface area contributed by atoms with E-state index in [-0.39, 0.29) is 36.0 Å². The molecule has 158 valence electrons. The van der Waals surface area contributed by atoms with Crippen LogP contribution in [0.1, 0.15) is 123 Å². The predicted molar refractivity (Wildman–Crippen MR) is 109 cm³/mol. The molecule has 4 nitrogen and oxygen atoms in total. The van der Waals surface area contributed by atoms with E-state index in [1.54, 1.807) is 0 Å². The van der Waals surface area contributed by atoms with Gasteiger partial charge in [-0.05, 0) is 19.3 Å². The SMILES string of the molecule is CCCCCCCCCCCC(CC(O)CCCCCCC)S(=O)(=O)[O-].[Na+]. The monoisotopic (exact) mass is 414 g/mol. The van der Waals surface area contributed by atoms with Gasteiger partial charge in [0.05, 0.1) is 21.5 Å². The molecule has 27 heavy (non-hydrogen) atoms. The smallest absolute Gasteiger partial charge is 0.748 e. The van der Waals surface area contributed by atoms with Crippen LogP contribution in [0.2, 0.25) is 0 Å². The van der Waals surface area contributed by atoms with Gasteiger partial charge in [0.15, 0.2) is 0 Å². The van der Waals surface area contributed by atoms with E-state index >= 15 is 0 Å². The maximum absolute atomic E-state index is 11.5. The van der Waals surface area contributed by atoms with Gasteiger partial charge in [0.2, 0.25) is 0 Å². The Morgan fingerprint density at radius 2 is 1.07 bits per heavy atom. The summed E-state index contributed by atoms with van der Waals surface area (Å²) >= 11 is 0. The van der Waals surface area contributed by atoms with Crippen molar-refractivity contribution in [3.8, 4) is 0 Å². The van der Waals surface area contributed by atoms with Crippen molar-refractivity contribution in [3.05, 3.63) is 0 Å². The fraction of sp³-hybridized carbons (Fsp3) is 1.00. The Hall–Kier alpha value is 0.870. The van der Waals surface area contributed by atoms with Crippen LogP contribution in [-0.2, 0) is 10.1 Å². The molecular formula is C21H43NaO4S. The molecule has 0 radical (unpaired) electrons. The van der Waals surface area contributed by atoms with Crippen LogP contribution in [0.15, 0.2) is 0 Å². The normalized spacial score (nSPS) is 13.9. The van der Waals surface area contributed by atoms with E-state index in [2.05, 4.69) is 13.8 Å². The second-order valence-corrected chi connectivity index (χ2v) is 9.48. The standard InChI is InChI=1S/C21H44O4S.Na/c1-3-5-7-9-10-11-12-14-16-18-21(26(23,24)25)19-20(22)17-15-13-8-6-4-2;/h20-22H,3-19H2,1-2H3,(H,23,24,25);/q;+1/p-1. The number of aliphatic hydroxyl groups excluding tert-OH is 1. The maximum Gasteiger partial charge on any atom is 1.00 e. The van der Waals surface area contributed by atoms with E-state index in [4.69, 9.17) is 0 Å². The van der Waals surface area contributed by atoms with Gasteiger partial charge in [-0.15, -0.1) is 0 Å². The molecule has 0 aliphatic rings. The molecule has 0 aliphatic heterocycles. The summed E-state index contributed by atoms with van der Waals surface area (Å²) in [7, 11) is -4.32. The van der Waals surface area contributed by atoms with Crippen molar-refractivity contribution in [1.82, 2.24) is 0 Å². The zero-order valence-corrected chi connectivity index (χ0v) is 21.1. The zero-order valence-electron chi connectivity index (χ0n) is 18.3. The minimum atomic E-state index is -4.32. The topological polar surface area (TPSA) is 77.4 Å². The number of rotatable bonds is 19. The van der Waals surface area contributed by atoms with Crippen molar-refractivity contribution >= 4 is 10.1 Å². The van der Waals surface area contributed by atoms with Gasteiger partial charge in [0.25, 0.3) is 0 Å². The van der Waals surface area contributed by atoms with Gasteiger partial charge < -0.3 is 9.66 Å². The Balaban J connectivity index is 0. The quantitative estimate of drug-likeness (QED) is 0.200. The molecule has 6 heteroatoms. The Morgan fingerprint density at radius 1 is 0.704 bits per heavy atom. The molecule has 0 saturated heterocycles. The summed E-state index contributed by atoms with van der Waals surface area (Å²) in [6.45, 7) is 4.37. The molecule has 0 aliphatic carbocycles. The van der Waals surface area contributed by atoms with Crippen molar-refractivity contribution in [3.63, 3.8) is 0 Å². The van der Waals surface area contributed by atoms with Crippen molar-refractivity contribution < 1.29 is 47.6 Å². The van der Waals surface area contributed by atoms with Gasteiger partial charge in [-0.2, -0.15) is 0 Å². The molecule has 2 atom stereocenters. The molecule has 1 N–H and O–H groups in total. The fourth-order valence-electron chi connectivity index (χ4n) is 3.47. The number of hydrogen-bond donors (Lipinski definition) is 1. The van der Waals surface area contributed by atoms with Crippen LogP contribution in [0, 0.1) is 0 Å². The van der Waals surface area contributed by atoms with Crippen molar-refractivity contribution in [2.45, 2.75) is 134 Å². The third-order valence-electron chi connectivity index (χ3n) is 5.21. The van der Waals surface area contributed by atoms with E-state index < -0.39 is 21.5 Å². The molecule has 0 aromatic heterocycles. The van der Waals surface area contributed by atoms with Crippen molar-refractivity contribution in [1.29, 1.82) is 0 Å². The molecule has 0 aromatic rings. The summed E-state index contributed by atoms with van der Waals surface area (Å²) in [5, 5.41) is 9.16. The summed E-state index contributed by atoms with van der Waals surface area (Å²) in [6.07, 6.45) is 16.4. The summed E-state index contributed by atoms with van der Waals surface area (Å²) in [5.41, 5.74) is 0. The molecule has 0 bridgehead atoms. The predicted octanol–water partition coefficient (Wildman–Crippen LogP) is 2.94. The average Bonchev–Trinajstić information content (AvgIpc) is 2.58. The molecular weight excluding hydrogens is 371 g/mol. The zero-order chi connectivity index (χ0) is 19.7. The fourth-order valence-corrected chi connectivity index (χ4v) is 4.38. The van der Waals surface area contributed by atoms with Gasteiger partial charge in [0, 0.05) is 0 Å². The van der Waals surface area contributed by atoms with Crippen LogP contribution in [0.4, 0.5) is 0 Å². The van der Waals surface area contributed by atoms with Gasteiger partial charge >= 0.3 is 29.6 Å². The molecule has 0 rings (SSSR count). The van der Waals surface area contributed by atoms with E-state index in [1.807, 2.05) is 0 Å². The van der Waals surface area contributed by atoms with Crippen LogP contribution >= 0.6 is 0 Å². The first-order chi connectivity index (χ1) is 12.4. The summed E-state index contributed by atoms with van der Waals surface area (Å²) in [4.78, 5) is 0. The minimum Gasteiger partial charge on any atom is -0.748 e. The first-order valence-corrected chi connectivity index (χ1v) is 12.5. The molecule has 0 spiro atoms. The van der Waals surface area contributed by atoms with E-state index in [9.17, 15) is 18.1 Å². The van der Waals surface area contributed by atoms with Gasteiger partial charge in [-0.25, -0.2) is 8.42 Å². The first kappa shape index (κ1) is 30.1. The number of hydrogen-bond acceptors (Lipinski definition) is 4. The molecule has 0 amide bonds. The van der Waals surface area contributed by atoms with Crippen LogP contribution in [0.5, 0.6) is 0 Å². The third-order valence-corrected chi connectivity index (χ3v) is 6.46. The third kappa shape index (κ3) is 19.9. The van der Waals surface area contributed by atoms with Crippen LogP contribution in [0.25, 0.3) is 0 Å². The van der Waals surface area contributed by atoms with E-state index in [1.165, 1.54) is 51.4 Å². The Kier molecular flexibility index (Phi) is 22.4. The summed E-state index contributed by atoms with van der Waals surface area (Å²) in [5.74, 6) is 0. The van der Waals surface area contributed by atoms with E-state index in [0.29, 0.717) is 12.8 Å². The van der Waals surface area contributed by atoms with Crippen LogP contribution in [0.3, 0.4) is 0 Å². The molecule has 0 aromatic carbocycles. The van der Waals surface area contributed by atoms with Crippen molar-refractivity contribution in [2.75, 3.05) is 0 Å². The summed E-state index contributed by atoms with van der Waals surface area (Å²) < 4.78 is 34.4. The summed E-state index contributed by atoms with van der Waals surface area (Å²) in [6, 6.07) is 0. The van der Waals surface area contributed by atoms with Crippen molar-refractivity contribution in [2.24, 2.45) is 0 Å². The van der Waals surface area contributed by atoms with Gasteiger partial charge in [-0.3, -0.25) is 0 Å². The van der Waals surface area contributed by atoms with E-state index in [0.717, 1.165) is 38.5 Å². The van der Waals surface area contributed by atoms with Crippen LogP contribution in [-0.4, -0.2) is 29.4 Å². The van der Waals surface area contributed by atoms with Gasteiger partial charge in [-0.1, -0.05) is 104 Å². The Labute approximate surface area is 191 Å².